The van der Waals surface area contributed by atoms with Gasteiger partial charge in [-0.05, 0) is 61.8 Å². The molecule has 126 valence electrons. The molecule has 2 aromatic rings. The lowest BCUT2D eigenvalue weighted by molar-refractivity contribution is 0.357. The average Bonchev–Trinajstić information content (AvgIpc) is 2.83. The number of hydrogen-bond donors (Lipinski definition) is 1. The van der Waals surface area contributed by atoms with Gasteiger partial charge in [0.05, 0.1) is 0 Å². The maximum absolute atomic E-state index is 4.74. The summed E-state index contributed by atoms with van der Waals surface area (Å²) in [5.74, 6) is 0. The SMILES string of the molecule is CC(=N/C=C(\C)c1ccc2ccccc2c1)C1CCN(C)CCN1. The number of hydrogen-bond acceptors (Lipinski definition) is 3. The Morgan fingerprint density at radius 2 is 1.92 bits per heavy atom. The van der Waals surface area contributed by atoms with Crippen LogP contribution in [-0.4, -0.2) is 43.3 Å². The first-order valence-corrected chi connectivity index (χ1v) is 8.75. The highest BCUT2D eigenvalue weighted by atomic mass is 15.1. The van der Waals surface area contributed by atoms with Gasteiger partial charge in [0.2, 0.25) is 0 Å². The van der Waals surface area contributed by atoms with E-state index < -0.39 is 0 Å². The van der Waals surface area contributed by atoms with Crippen molar-refractivity contribution in [1.29, 1.82) is 0 Å². The topological polar surface area (TPSA) is 27.6 Å². The van der Waals surface area contributed by atoms with Crippen molar-refractivity contribution in [2.45, 2.75) is 26.3 Å². The van der Waals surface area contributed by atoms with Crippen molar-refractivity contribution in [2.75, 3.05) is 26.7 Å². The molecule has 3 nitrogen and oxygen atoms in total. The molecule has 0 saturated carbocycles. The Kier molecular flexibility index (Phi) is 5.44. The normalized spacial score (nSPS) is 21.0. The zero-order chi connectivity index (χ0) is 16.9. The number of rotatable bonds is 3. The Labute approximate surface area is 145 Å². The van der Waals surface area contributed by atoms with Crippen LogP contribution < -0.4 is 5.32 Å². The lowest BCUT2D eigenvalue weighted by Gasteiger charge is -2.15. The van der Waals surface area contributed by atoms with E-state index in [1.807, 2.05) is 6.20 Å². The molecule has 0 bridgehead atoms. The van der Waals surface area contributed by atoms with Crippen LogP contribution in [0.2, 0.25) is 0 Å². The average molecular weight is 321 g/mol. The summed E-state index contributed by atoms with van der Waals surface area (Å²) in [5, 5.41) is 6.15. The number of likely N-dealkylation sites (N-methyl/N-ethyl adjacent to an activating group) is 1. The van der Waals surface area contributed by atoms with Crippen LogP contribution in [0.4, 0.5) is 0 Å². The molecule has 1 N–H and O–H groups in total. The predicted octanol–water partition coefficient (Wildman–Crippen LogP) is 3.96. The monoisotopic (exact) mass is 321 g/mol. The minimum absolute atomic E-state index is 0.385. The standard InChI is InChI=1S/C21H27N3/c1-16(19-9-8-18-6-4-5-7-20(18)14-19)15-23-17(2)21-10-12-24(3)13-11-22-21/h4-9,14-15,21-22H,10-13H2,1-3H3/b16-15+,23-17?. The fourth-order valence-electron chi connectivity index (χ4n) is 3.15. The second-order valence-electron chi connectivity index (χ2n) is 6.74. The minimum atomic E-state index is 0.385. The van der Waals surface area contributed by atoms with Gasteiger partial charge in [-0.3, -0.25) is 4.99 Å². The fourth-order valence-corrected chi connectivity index (χ4v) is 3.15. The molecule has 1 saturated heterocycles. The van der Waals surface area contributed by atoms with E-state index in [0.29, 0.717) is 6.04 Å². The van der Waals surface area contributed by atoms with E-state index in [1.165, 1.54) is 27.6 Å². The van der Waals surface area contributed by atoms with Crippen molar-refractivity contribution in [3.8, 4) is 0 Å². The molecule has 1 unspecified atom stereocenters. The highest BCUT2D eigenvalue weighted by molar-refractivity contribution is 5.89. The van der Waals surface area contributed by atoms with Crippen molar-refractivity contribution in [3.05, 3.63) is 54.2 Å². The van der Waals surface area contributed by atoms with Crippen molar-refractivity contribution < 1.29 is 0 Å². The molecule has 2 aromatic carbocycles. The Bertz CT molecular complexity index is 761. The van der Waals surface area contributed by atoms with E-state index >= 15 is 0 Å². The van der Waals surface area contributed by atoms with Crippen LogP contribution in [0.1, 0.15) is 25.8 Å². The molecule has 24 heavy (non-hydrogen) atoms. The van der Waals surface area contributed by atoms with E-state index in [0.717, 1.165) is 26.1 Å². The van der Waals surface area contributed by atoms with Gasteiger partial charge in [-0.2, -0.15) is 0 Å². The Morgan fingerprint density at radius 1 is 1.12 bits per heavy atom. The summed E-state index contributed by atoms with van der Waals surface area (Å²) in [5.41, 5.74) is 3.61. The molecule has 1 fully saturated rings. The molecule has 0 amide bonds. The molecule has 3 heteroatoms. The molecule has 0 spiro atoms. The zero-order valence-electron chi connectivity index (χ0n) is 14.9. The largest absolute Gasteiger partial charge is 0.308 e. The number of nitrogens with one attached hydrogen (secondary N) is 1. The number of allylic oxidation sites excluding steroid dienone is 1. The van der Waals surface area contributed by atoms with Crippen molar-refractivity contribution >= 4 is 22.1 Å². The molecule has 0 radical (unpaired) electrons. The fraction of sp³-hybridized carbons (Fsp3) is 0.381. The first-order chi connectivity index (χ1) is 11.6. The highest BCUT2D eigenvalue weighted by Gasteiger charge is 2.15. The van der Waals surface area contributed by atoms with Gasteiger partial charge < -0.3 is 10.2 Å². The number of benzene rings is 2. The van der Waals surface area contributed by atoms with Gasteiger partial charge in [-0.25, -0.2) is 0 Å². The minimum Gasteiger partial charge on any atom is -0.308 e. The molecule has 1 aliphatic rings. The molecule has 1 heterocycles. The smallest absolute Gasteiger partial charge is 0.0465 e. The van der Waals surface area contributed by atoms with Crippen LogP contribution in [0, 0.1) is 0 Å². The summed E-state index contributed by atoms with van der Waals surface area (Å²) in [6.45, 7) is 7.53. The second-order valence-corrected chi connectivity index (χ2v) is 6.74. The predicted molar refractivity (Wildman–Crippen MR) is 105 cm³/mol. The third kappa shape index (κ3) is 4.11. The van der Waals surface area contributed by atoms with Crippen LogP contribution in [-0.2, 0) is 0 Å². The lowest BCUT2D eigenvalue weighted by atomic mass is 10.0. The van der Waals surface area contributed by atoms with Crippen molar-refractivity contribution in [3.63, 3.8) is 0 Å². The highest BCUT2D eigenvalue weighted by Crippen LogP contribution is 2.21. The second kappa shape index (κ2) is 7.73. The van der Waals surface area contributed by atoms with E-state index in [1.54, 1.807) is 0 Å². The van der Waals surface area contributed by atoms with Gasteiger partial charge in [-0.1, -0.05) is 36.4 Å². The summed E-state index contributed by atoms with van der Waals surface area (Å²) >= 11 is 0. The Morgan fingerprint density at radius 3 is 2.75 bits per heavy atom. The van der Waals surface area contributed by atoms with E-state index in [9.17, 15) is 0 Å². The lowest BCUT2D eigenvalue weighted by Crippen LogP contribution is -2.35. The maximum Gasteiger partial charge on any atom is 0.0465 e. The van der Waals surface area contributed by atoms with E-state index in [4.69, 9.17) is 4.99 Å². The summed E-state index contributed by atoms with van der Waals surface area (Å²) in [6.07, 6.45) is 3.13. The van der Waals surface area contributed by atoms with Crippen LogP contribution in [0.25, 0.3) is 16.3 Å². The van der Waals surface area contributed by atoms with Gasteiger partial charge in [0.25, 0.3) is 0 Å². The van der Waals surface area contributed by atoms with Gasteiger partial charge in [0.1, 0.15) is 0 Å². The summed E-state index contributed by atoms with van der Waals surface area (Å²) < 4.78 is 0. The molecular weight excluding hydrogens is 294 g/mol. The zero-order valence-corrected chi connectivity index (χ0v) is 14.9. The molecular formula is C21H27N3. The van der Waals surface area contributed by atoms with Gasteiger partial charge in [-0.15, -0.1) is 0 Å². The summed E-state index contributed by atoms with van der Waals surface area (Å²) in [6, 6.07) is 15.5. The van der Waals surface area contributed by atoms with Crippen LogP contribution in [0.5, 0.6) is 0 Å². The number of fused-ring (bicyclic) bond motifs is 1. The molecule has 3 rings (SSSR count). The van der Waals surface area contributed by atoms with Gasteiger partial charge >= 0.3 is 0 Å². The Hall–Kier alpha value is -1.97. The van der Waals surface area contributed by atoms with E-state index in [-0.39, 0.29) is 0 Å². The number of aliphatic imine (C=N–C) groups is 1. The van der Waals surface area contributed by atoms with E-state index in [2.05, 4.69) is 73.6 Å². The van der Waals surface area contributed by atoms with Crippen LogP contribution >= 0.6 is 0 Å². The molecule has 0 aromatic heterocycles. The quantitative estimate of drug-likeness (QED) is 0.867. The molecule has 1 aliphatic heterocycles. The third-order valence-electron chi connectivity index (χ3n) is 4.85. The van der Waals surface area contributed by atoms with Crippen molar-refractivity contribution in [1.82, 2.24) is 10.2 Å². The molecule has 0 aliphatic carbocycles. The summed E-state index contributed by atoms with van der Waals surface area (Å²) in [4.78, 5) is 7.12. The Balaban J connectivity index is 1.76. The maximum atomic E-state index is 4.74. The van der Waals surface area contributed by atoms with Crippen LogP contribution in [0.3, 0.4) is 0 Å². The van der Waals surface area contributed by atoms with Crippen LogP contribution in [0.15, 0.2) is 53.7 Å². The molecule has 1 atom stereocenters. The number of nitrogens with zero attached hydrogens (tertiary/aromatic N) is 2. The third-order valence-corrected chi connectivity index (χ3v) is 4.85. The first-order valence-electron chi connectivity index (χ1n) is 8.75. The summed E-state index contributed by atoms with van der Waals surface area (Å²) in [7, 11) is 2.18. The van der Waals surface area contributed by atoms with Gasteiger partial charge in [0.15, 0.2) is 0 Å². The van der Waals surface area contributed by atoms with Crippen molar-refractivity contribution in [2.24, 2.45) is 4.99 Å². The first kappa shape index (κ1) is 16.9. The van der Waals surface area contributed by atoms with Gasteiger partial charge in [0, 0.05) is 31.0 Å².